The molecule has 0 aromatic carbocycles. The second-order valence-electron chi connectivity index (χ2n) is 8.74. The van der Waals surface area contributed by atoms with Gasteiger partial charge in [0.05, 0.1) is 12.2 Å². The van der Waals surface area contributed by atoms with E-state index in [0.717, 1.165) is 0 Å². The summed E-state index contributed by atoms with van der Waals surface area (Å²) in [7, 11) is 0. The molecular formula is C19H22O7. The molecule has 2 N–H and O–H groups in total. The fourth-order valence-corrected chi connectivity index (χ4v) is 5.85. The summed E-state index contributed by atoms with van der Waals surface area (Å²) in [4.78, 5) is 25.0. The largest absolute Gasteiger partial charge is 0.458 e. The molecule has 0 unspecified atom stereocenters. The van der Waals surface area contributed by atoms with Crippen LogP contribution in [0.3, 0.4) is 0 Å². The van der Waals surface area contributed by atoms with Gasteiger partial charge in [0.15, 0.2) is 0 Å². The summed E-state index contributed by atoms with van der Waals surface area (Å²) in [6.45, 7) is 7.38. The van der Waals surface area contributed by atoms with Crippen LogP contribution in [0.15, 0.2) is 15.3 Å². The molecule has 2 aliphatic heterocycles. The van der Waals surface area contributed by atoms with Crippen molar-refractivity contribution >= 4 is 5.97 Å². The number of epoxide rings is 1. The number of carbonyl (C=O) groups excluding carboxylic acids is 1. The lowest BCUT2D eigenvalue weighted by atomic mass is 9.48. The summed E-state index contributed by atoms with van der Waals surface area (Å²) < 4.78 is 16.8. The van der Waals surface area contributed by atoms with E-state index < -0.39 is 52.8 Å². The van der Waals surface area contributed by atoms with E-state index in [0.29, 0.717) is 16.9 Å². The van der Waals surface area contributed by atoms with Crippen molar-refractivity contribution in [2.24, 2.45) is 11.3 Å². The third-order valence-electron chi connectivity index (χ3n) is 7.09. The van der Waals surface area contributed by atoms with Gasteiger partial charge in [-0.1, -0.05) is 20.8 Å². The monoisotopic (exact) mass is 362 g/mol. The van der Waals surface area contributed by atoms with Crippen LogP contribution < -0.4 is 5.63 Å². The average molecular weight is 362 g/mol. The van der Waals surface area contributed by atoms with Crippen molar-refractivity contribution < 1.29 is 28.9 Å². The third-order valence-corrected chi connectivity index (χ3v) is 7.09. The van der Waals surface area contributed by atoms with Crippen LogP contribution in [-0.4, -0.2) is 40.6 Å². The standard InChI is InChI=1S/C19H22O7/c1-6(2)11-9-7(5-8(20)24-11)18(3)14-12(10(9)21)26-17(23)19(14,4)15(22)13-16(18)25-13/h5-6,10,12-16,21-22H,1-4H3/t10-,12-,13-,14+,15-,16+,18-,19+/m1/s1. The highest BCUT2D eigenvalue weighted by Crippen LogP contribution is 2.68. The molecule has 4 aliphatic rings. The number of esters is 1. The molecule has 3 heterocycles. The zero-order valence-electron chi connectivity index (χ0n) is 15.1. The second kappa shape index (κ2) is 4.58. The molecule has 0 bridgehead atoms. The summed E-state index contributed by atoms with van der Waals surface area (Å²) >= 11 is 0. The van der Waals surface area contributed by atoms with Gasteiger partial charge in [-0.15, -0.1) is 0 Å². The molecule has 8 atom stereocenters. The van der Waals surface area contributed by atoms with E-state index in [9.17, 15) is 19.8 Å². The highest BCUT2D eigenvalue weighted by molar-refractivity contribution is 5.82. The fraction of sp³-hybridized carbons (Fsp3) is 0.684. The van der Waals surface area contributed by atoms with Gasteiger partial charge in [0.2, 0.25) is 0 Å². The number of fused-ring (bicyclic) bond motifs is 4. The molecule has 26 heavy (non-hydrogen) atoms. The Kier molecular flexibility index (Phi) is 2.90. The molecule has 7 nitrogen and oxygen atoms in total. The fourth-order valence-electron chi connectivity index (χ4n) is 5.85. The van der Waals surface area contributed by atoms with E-state index in [-0.39, 0.29) is 12.0 Å². The Morgan fingerprint density at radius 2 is 1.81 bits per heavy atom. The van der Waals surface area contributed by atoms with Crippen LogP contribution in [0.2, 0.25) is 0 Å². The number of ether oxygens (including phenoxy) is 2. The van der Waals surface area contributed by atoms with Gasteiger partial charge in [-0.3, -0.25) is 4.79 Å². The molecule has 1 saturated carbocycles. The Morgan fingerprint density at radius 1 is 1.12 bits per heavy atom. The number of carbonyl (C=O) groups is 1. The zero-order chi connectivity index (χ0) is 18.8. The van der Waals surface area contributed by atoms with Crippen LogP contribution in [0.25, 0.3) is 0 Å². The van der Waals surface area contributed by atoms with Crippen LogP contribution in [0.1, 0.15) is 56.6 Å². The maximum absolute atomic E-state index is 12.7. The first-order chi connectivity index (χ1) is 12.1. The van der Waals surface area contributed by atoms with Gasteiger partial charge in [-0.25, -0.2) is 4.79 Å². The number of rotatable bonds is 1. The maximum Gasteiger partial charge on any atom is 0.336 e. The lowest BCUT2D eigenvalue weighted by molar-refractivity contribution is -0.156. The summed E-state index contributed by atoms with van der Waals surface area (Å²) in [5.74, 6) is -0.739. The molecule has 2 saturated heterocycles. The lowest BCUT2D eigenvalue weighted by Gasteiger charge is -2.51. The van der Waals surface area contributed by atoms with Crippen molar-refractivity contribution in [3.05, 3.63) is 33.4 Å². The molecule has 1 aromatic rings. The summed E-state index contributed by atoms with van der Waals surface area (Å²) in [6.07, 6.45) is -3.74. The zero-order valence-corrected chi connectivity index (χ0v) is 15.1. The first-order valence-electron chi connectivity index (χ1n) is 9.04. The van der Waals surface area contributed by atoms with E-state index in [1.54, 1.807) is 6.92 Å². The van der Waals surface area contributed by atoms with Crippen molar-refractivity contribution in [3.8, 4) is 0 Å². The topological polar surface area (TPSA) is 110 Å². The number of aliphatic hydroxyl groups excluding tert-OH is 2. The predicted molar refractivity (Wildman–Crippen MR) is 87.5 cm³/mol. The molecule has 0 spiro atoms. The number of hydrogen-bond acceptors (Lipinski definition) is 7. The lowest BCUT2D eigenvalue weighted by Crippen LogP contribution is -2.62. The molecular weight excluding hydrogens is 340 g/mol. The Bertz CT molecular complexity index is 888. The van der Waals surface area contributed by atoms with Gasteiger partial charge in [0.1, 0.15) is 29.5 Å². The average Bonchev–Trinajstić information content (AvgIpc) is 3.33. The molecule has 140 valence electrons. The minimum Gasteiger partial charge on any atom is -0.458 e. The highest BCUT2D eigenvalue weighted by atomic mass is 16.6. The number of hydrogen-bond donors (Lipinski definition) is 2. The second-order valence-corrected chi connectivity index (χ2v) is 8.74. The summed E-state index contributed by atoms with van der Waals surface area (Å²) in [6, 6.07) is 1.40. The molecule has 7 heteroatoms. The van der Waals surface area contributed by atoms with Gasteiger partial charge in [0.25, 0.3) is 0 Å². The van der Waals surface area contributed by atoms with Crippen molar-refractivity contribution in [3.63, 3.8) is 0 Å². The molecule has 1 aromatic heterocycles. The van der Waals surface area contributed by atoms with Crippen LogP contribution in [0.4, 0.5) is 0 Å². The predicted octanol–water partition coefficient (Wildman–Crippen LogP) is 0.758. The Morgan fingerprint density at radius 3 is 2.46 bits per heavy atom. The van der Waals surface area contributed by atoms with Crippen LogP contribution in [0, 0.1) is 11.3 Å². The molecule has 0 radical (unpaired) electrons. The van der Waals surface area contributed by atoms with Crippen molar-refractivity contribution in [2.45, 2.75) is 69.5 Å². The maximum atomic E-state index is 12.7. The van der Waals surface area contributed by atoms with Crippen LogP contribution >= 0.6 is 0 Å². The minimum absolute atomic E-state index is 0.124. The first-order valence-corrected chi connectivity index (χ1v) is 9.04. The van der Waals surface area contributed by atoms with E-state index in [2.05, 4.69) is 0 Å². The van der Waals surface area contributed by atoms with Crippen molar-refractivity contribution in [1.29, 1.82) is 0 Å². The molecule has 3 fully saturated rings. The third kappa shape index (κ3) is 1.57. The number of aliphatic hydroxyl groups is 2. The van der Waals surface area contributed by atoms with Crippen LogP contribution in [-0.2, 0) is 19.7 Å². The molecule has 2 aliphatic carbocycles. The SMILES string of the molecule is CC(C)c1oc(=O)cc2c1[C@@H](O)[C@H]1OC(=O)[C@]3(C)[C@H](O)[C@H]4O[C@@H]4[C@@]2(C)[C@H]13. The van der Waals surface area contributed by atoms with Gasteiger partial charge < -0.3 is 24.1 Å². The van der Waals surface area contributed by atoms with Crippen molar-refractivity contribution in [2.75, 3.05) is 0 Å². The van der Waals surface area contributed by atoms with Crippen LogP contribution in [0.5, 0.6) is 0 Å². The van der Waals surface area contributed by atoms with E-state index >= 15 is 0 Å². The summed E-state index contributed by atoms with van der Waals surface area (Å²) in [5.41, 5.74) is -1.25. The Hall–Kier alpha value is -1.70. The highest BCUT2D eigenvalue weighted by Gasteiger charge is 2.79. The molecule has 0 amide bonds. The molecule has 5 rings (SSSR count). The smallest absolute Gasteiger partial charge is 0.336 e. The van der Waals surface area contributed by atoms with Gasteiger partial charge >= 0.3 is 11.6 Å². The quantitative estimate of drug-likeness (QED) is 0.560. The van der Waals surface area contributed by atoms with Gasteiger partial charge in [-0.2, -0.15) is 0 Å². The van der Waals surface area contributed by atoms with E-state index in [1.807, 2.05) is 20.8 Å². The summed E-state index contributed by atoms with van der Waals surface area (Å²) in [5, 5.41) is 21.8. The van der Waals surface area contributed by atoms with E-state index in [4.69, 9.17) is 13.9 Å². The first kappa shape index (κ1) is 16.5. The van der Waals surface area contributed by atoms with Gasteiger partial charge in [0, 0.05) is 28.9 Å². The Labute approximate surface area is 149 Å². The van der Waals surface area contributed by atoms with Gasteiger partial charge in [-0.05, 0) is 12.5 Å². The normalized spacial score (nSPS) is 47.9. The minimum atomic E-state index is -1.19. The Balaban J connectivity index is 1.85. The van der Waals surface area contributed by atoms with Crippen molar-refractivity contribution in [1.82, 2.24) is 0 Å². The van der Waals surface area contributed by atoms with E-state index in [1.165, 1.54) is 6.07 Å².